The van der Waals surface area contributed by atoms with E-state index in [4.69, 9.17) is 0 Å². The predicted molar refractivity (Wildman–Crippen MR) is 86.0 cm³/mol. The third kappa shape index (κ3) is 3.47. The summed E-state index contributed by atoms with van der Waals surface area (Å²) in [5.41, 5.74) is 2.72. The molecule has 0 saturated heterocycles. The lowest BCUT2D eigenvalue weighted by Crippen LogP contribution is -2.23. The Kier molecular flexibility index (Phi) is 5.20. The van der Waals surface area contributed by atoms with Gasteiger partial charge in [-0.15, -0.1) is 0 Å². The molecule has 2 rings (SSSR count). The molecule has 0 bridgehead atoms. The summed E-state index contributed by atoms with van der Waals surface area (Å²) in [6.07, 6.45) is 3.15. The second-order valence-electron chi connectivity index (χ2n) is 5.40. The number of carboxylic acids is 1. The predicted octanol–water partition coefficient (Wildman–Crippen LogP) is 3.23. The van der Waals surface area contributed by atoms with Crippen LogP contribution in [0.4, 0.5) is 0 Å². The summed E-state index contributed by atoms with van der Waals surface area (Å²) in [5.74, 6) is -1.05. The van der Waals surface area contributed by atoms with Crippen molar-refractivity contribution in [1.29, 1.82) is 0 Å². The minimum Gasteiger partial charge on any atom is -0.477 e. The monoisotopic (exact) mass is 302 g/mol. The van der Waals surface area contributed by atoms with Crippen LogP contribution < -0.4 is 5.32 Å². The van der Waals surface area contributed by atoms with E-state index in [-0.39, 0.29) is 18.1 Å². The second kappa shape index (κ2) is 7.11. The van der Waals surface area contributed by atoms with Gasteiger partial charge in [-0.3, -0.25) is 4.79 Å². The highest BCUT2D eigenvalue weighted by Gasteiger charge is 2.17. The van der Waals surface area contributed by atoms with Crippen molar-refractivity contribution in [2.24, 2.45) is 0 Å². The Morgan fingerprint density at radius 3 is 2.68 bits per heavy atom. The van der Waals surface area contributed by atoms with Crippen molar-refractivity contribution in [2.75, 3.05) is 0 Å². The van der Waals surface area contributed by atoms with Crippen LogP contribution in [0.2, 0.25) is 0 Å². The number of carbonyl (C=O) groups excluding carboxylic acids is 1. The topological polar surface area (TPSA) is 82.2 Å². The summed E-state index contributed by atoms with van der Waals surface area (Å²) in [4.78, 5) is 26.1. The number of aromatic carboxylic acids is 1. The first-order chi connectivity index (χ1) is 10.6. The SMILES string of the molecule is CCCCC(=O)NCc1c(C(=O)O)[nH]c2ccc(CC)cc12. The molecule has 5 heteroatoms. The fourth-order valence-corrected chi connectivity index (χ4v) is 2.49. The van der Waals surface area contributed by atoms with E-state index in [2.05, 4.69) is 17.2 Å². The molecule has 22 heavy (non-hydrogen) atoms. The Morgan fingerprint density at radius 2 is 2.05 bits per heavy atom. The third-order valence-corrected chi connectivity index (χ3v) is 3.81. The molecule has 2 aromatic rings. The second-order valence-corrected chi connectivity index (χ2v) is 5.40. The summed E-state index contributed by atoms with van der Waals surface area (Å²) in [6, 6.07) is 5.86. The van der Waals surface area contributed by atoms with E-state index >= 15 is 0 Å². The number of carbonyl (C=O) groups is 2. The molecule has 0 atom stereocenters. The van der Waals surface area contributed by atoms with E-state index in [0.717, 1.165) is 35.7 Å². The van der Waals surface area contributed by atoms with Gasteiger partial charge in [0.2, 0.25) is 5.91 Å². The number of unbranched alkanes of at least 4 members (excludes halogenated alkanes) is 1. The van der Waals surface area contributed by atoms with Crippen LogP contribution in [0.1, 0.15) is 54.7 Å². The van der Waals surface area contributed by atoms with Gasteiger partial charge in [0.15, 0.2) is 0 Å². The lowest BCUT2D eigenvalue weighted by atomic mass is 10.1. The number of fused-ring (bicyclic) bond motifs is 1. The number of aromatic amines is 1. The summed E-state index contributed by atoms with van der Waals surface area (Å²) >= 11 is 0. The first-order valence-corrected chi connectivity index (χ1v) is 7.70. The zero-order valence-electron chi connectivity index (χ0n) is 13.0. The van der Waals surface area contributed by atoms with Gasteiger partial charge in [-0.25, -0.2) is 4.79 Å². The molecule has 0 aliphatic carbocycles. The summed E-state index contributed by atoms with van der Waals surface area (Å²) in [6.45, 7) is 4.32. The average molecular weight is 302 g/mol. The minimum atomic E-state index is -1.01. The van der Waals surface area contributed by atoms with Gasteiger partial charge in [0.25, 0.3) is 0 Å². The molecule has 0 saturated carbocycles. The van der Waals surface area contributed by atoms with E-state index in [1.807, 2.05) is 25.1 Å². The summed E-state index contributed by atoms with van der Waals surface area (Å²) in [5, 5.41) is 13.0. The maximum Gasteiger partial charge on any atom is 0.352 e. The number of H-pyrrole nitrogens is 1. The fraction of sp³-hybridized carbons (Fsp3) is 0.412. The minimum absolute atomic E-state index is 0.0424. The van der Waals surface area contributed by atoms with Crippen LogP contribution in [0.25, 0.3) is 10.9 Å². The highest BCUT2D eigenvalue weighted by molar-refractivity contribution is 5.97. The summed E-state index contributed by atoms with van der Waals surface area (Å²) < 4.78 is 0. The molecule has 3 N–H and O–H groups in total. The summed E-state index contributed by atoms with van der Waals surface area (Å²) in [7, 11) is 0. The average Bonchev–Trinajstić information content (AvgIpc) is 2.88. The van der Waals surface area contributed by atoms with E-state index < -0.39 is 5.97 Å². The van der Waals surface area contributed by atoms with Gasteiger partial charge >= 0.3 is 5.97 Å². The number of hydrogen-bond acceptors (Lipinski definition) is 2. The molecule has 0 fully saturated rings. The van der Waals surface area contributed by atoms with Crippen molar-refractivity contribution in [3.63, 3.8) is 0 Å². The van der Waals surface area contributed by atoms with Crippen LogP contribution in [0.5, 0.6) is 0 Å². The molecule has 1 aromatic heterocycles. The van der Waals surface area contributed by atoms with Crippen molar-refractivity contribution in [2.45, 2.75) is 46.1 Å². The molecule has 1 amide bonds. The molecule has 0 radical (unpaired) electrons. The first-order valence-electron chi connectivity index (χ1n) is 7.70. The molecule has 118 valence electrons. The first kappa shape index (κ1) is 16.1. The molecule has 1 heterocycles. The number of benzene rings is 1. The van der Waals surface area contributed by atoms with Crippen LogP contribution in [-0.4, -0.2) is 22.0 Å². The maximum atomic E-state index is 11.8. The van der Waals surface area contributed by atoms with E-state index in [9.17, 15) is 14.7 Å². The van der Waals surface area contributed by atoms with Gasteiger partial charge in [-0.05, 0) is 30.5 Å². The van der Waals surface area contributed by atoms with Crippen molar-refractivity contribution in [1.82, 2.24) is 10.3 Å². The number of aromatic nitrogens is 1. The van der Waals surface area contributed by atoms with Gasteiger partial charge in [0.05, 0.1) is 0 Å². The van der Waals surface area contributed by atoms with Crippen molar-refractivity contribution in [3.05, 3.63) is 35.0 Å². The number of nitrogens with one attached hydrogen (secondary N) is 2. The Balaban J connectivity index is 2.30. The van der Waals surface area contributed by atoms with Gasteiger partial charge in [0, 0.05) is 29.4 Å². The number of rotatable bonds is 7. The lowest BCUT2D eigenvalue weighted by molar-refractivity contribution is -0.121. The largest absolute Gasteiger partial charge is 0.477 e. The maximum absolute atomic E-state index is 11.8. The quantitative estimate of drug-likeness (QED) is 0.734. The van der Waals surface area contributed by atoms with Crippen LogP contribution in [-0.2, 0) is 17.8 Å². The standard InChI is InChI=1S/C17H22N2O3/c1-3-5-6-15(20)18-10-13-12-9-11(4-2)7-8-14(12)19-16(13)17(21)22/h7-9,19H,3-6,10H2,1-2H3,(H,18,20)(H,21,22). The Bertz CT molecular complexity index is 689. The normalized spacial score (nSPS) is 10.8. The zero-order chi connectivity index (χ0) is 16.1. The molecular weight excluding hydrogens is 280 g/mol. The smallest absolute Gasteiger partial charge is 0.352 e. The van der Waals surface area contributed by atoms with Crippen LogP contribution >= 0.6 is 0 Å². The lowest BCUT2D eigenvalue weighted by Gasteiger charge is -2.06. The fourth-order valence-electron chi connectivity index (χ4n) is 2.49. The third-order valence-electron chi connectivity index (χ3n) is 3.81. The Morgan fingerprint density at radius 1 is 1.27 bits per heavy atom. The van der Waals surface area contributed by atoms with Crippen LogP contribution in [0.3, 0.4) is 0 Å². The van der Waals surface area contributed by atoms with Crippen LogP contribution in [0.15, 0.2) is 18.2 Å². The highest BCUT2D eigenvalue weighted by atomic mass is 16.4. The Labute approximate surface area is 129 Å². The number of carboxylic acid groups (broad SMARTS) is 1. The number of aryl methyl sites for hydroxylation is 1. The van der Waals surface area contributed by atoms with E-state index in [1.165, 1.54) is 0 Å². The Hall–Kier alpha value is -2.30. The molecule has 1 aromatic carbocycles. The van der Waals surface area contributed by atoms with Crippen molar-refractivity contribution >= 4 is 22.8 Å². The van der Waals surface area contributed by atoms with E-state index in [0.29, 0.717) is 12.0 Å². The number of amides is 1. The van der Waals surface area contributed by atoms with Gasteiger partial charge in [-0.2, -0.15) is 0 Å². The van der Waals surface area contributed by atoms with Crippen molar-refractivity contribution in [3.8, 4) is 0 Å². The van der Waals surface area contributed by atoms with Crippen molar-refractivity contribution < 1.29 is 14.7 Å². The van der Waals surface area contributed by atoms with E-state index in [1.54, 1.807) is 0 Å². The van der Waals surface area contributed by atoms with Gasteiger partial charge in [0.1, 0.15) is 5.69 Å². The molecular formula is C17H22N2O3. The van der Waals surface area contributed by atoms with Gasteiger partial charge in [-0.1, -0.05) is 26.3 Å². The highest BCUT2D eigenvalue weighted by Crippen LogP contribution is 2.24. The molecule has 0 unspecified atom stereocenters. The zero-order valence-corrected chi connectivity index (χ0v) is 13.0. The van der Waals surface area contributed by atoms with Crippen LogP contribution in [0, 0.1) is 0 Å². The molecule has 0 aliphatic rings. The number of hydrogen-bond donors (Lipinski definition) is 3. The molecule has 0 spiro atoms. The molecule has 0 aliphatic heterocycles. The van der Waals surface area contributed by atoms with Gasteiger partial charge < -0.3 is 15.4 Å². The molecule has 5 nitrogen and oxygen atoms in total.